The van der Waals surface area contributed by atoms with E-state index in [4.69, 9.17) is 16.5 Å². The van der Waals surface area contributed by atoms with E-state index in [1.54, 1.807) is 12.2 Å². The van der Waals surface area contributed by atoms with Crippen molar-refractivity contribution in [2.24, 2.45) is 0 Å². The summed E-state index contributed by atoms with van der Waals surface area (Å²) in [5, 5.41) is 0. The van der Waals surface area contributed by atoms with Crippen molar-refractivity contribution in [3.63, 3.8) is 0 Å². The largest absolute Gasteiger partial charge is 0.436 e. The number of halogens is 3. The Labute approximate surface area is 200 Å². The van der Waals surface area contributed by atoms with Crippen LogP contribution < -0.4 is 0 Å². The third-order valence-corrected chi connectivity index (χ3v) is 25.3. The van der Waals surface area contributed by atoms with E-state index >= 15 is 0 Å². The molecule has 2 atom stereocenters. The summed E-state index contributed by atoms with van der Waals surface area (Å²) >= 11 is 0. The minimum atomic E-state index is -4.25. The van der Waals surface area contributed by atoms with Gasteiger partial charge in [0.25, 0.3) is 0 Å². The van der Waals surface area contributed by atoms with Crippen molar-refractivity contribution < 1.29 is 29.6 Å². The van der Waals surface area contributed by atoms with Crippen LogP contribution in [-0.2, 0) is 16.5 Å². The second-order valence-corrected chi connectivity index (χ2v) is 30.0. The monoisotopic (exact) mass is 548 g/mol. The molecular formula is C20H47F3O4Si5. The molecule has 0 spiro atoms. The highest BCUT2D eigenvalue weighted by atomic mass is 28.5. The summed E-state index contributed by atoms with van der Waals surface area (Å²) in [5.74, 6) is 0. The van der Waals surface area contributed by atoms with E-state index < -0.39 is 54.9 Å². The fraction of sp³-hybridized carbons (Fsp3) is 0.900. The maximum absolute atomic E-state index is 13.1. The van der Waals surface area contributed by atoms with Crippen LogP contribution in [0.25, 0.3) is 0 Å². The van der Waals surface area contributed by atoms with Crippen molar-refractivity contribution in [3.05, 3.63) is 12.3 Å². The molecule has 0 amide bonds. The molecule has 0 bridgehead atoms. The van der Waals surface area contributed by atoms with Crippen molar-refractivity contribution in [1.29, 1.82) is 0 Å². The molecule has 0 heterocycles. The van der Waals surface area contributed by atoms with Gasteiger partial charge >= 0.3 is 31.9 Å². The maximum Gasteiger partial charge on any atom is 0.389 e. The predicted octanol–water partition coefficient (Wildman–Crippen LogP) is 8.20. The first-order chi connectivity index (χ1) is 14.2. The van der Waals surface area contributed by atoms with Gasteiger partial charge in [-0.05, 0) is 70.5 Å². The van der Waals surface area contributed by atoms with Gasteiger partial charge in [0.1, 0.15) is 0 Å². The van der Waals surface area contributed by atoms with Crippen LogP contribution in [0.2, 0.25) is 70.5 Å². The van der Waals surface area contributed by atoms with Crippen LogP contribution in [0.5, 0.6) is 0 Å². The first kappa shape index (κ1) is 32.5. The average Bonchev–Trinajstić information content (AvgIpc) is 2.55. The molecule has 0 radical (unpaired) electrons. The second kappa shape index (κ2) is 12.4. The Hall–Kier alpha value is 0.454. The molecule has 0 aliphatic rings. The van der Waals surface area contributed by atoms with Gasteiger partial charge in [0.05, 0.1) is 0 Å². The van der Waals surface area contributed by atoms with Crippen molar-refractivity contribution in [3.8, 4) is 0 Å². The van der Waals surface area contributed by atoms with Crippen molar-refractivity contribution >= 4 is 42.3 Å². The molecule has 0 aliphatic carbocycles. The van der Waals surface area contributed by atoms with Crippen LogP contribution >= 0.6 is 0 Å². The lowest BCUT2D eigenvalue weighted by molar-refractivity contribution is -0.131. The number of rotatable bonds is 16. The number of alkyl halides is 3. The van der Waals surface area contributed by atoms with E-state index in [1.165, 1.54) is 0 Å². The van der Waals surface area contributed by atoms with Gasteiger partial charge in [-0.25, -0.2) is 0 Å². The van der Waals surface area contributed by atoms with E-state index in [0.717, 1.165) is 31.4 Å². The van der Waals surface area contributed by atoms with Crippen molar-refractivity contribution in [2.75, 3.05) is 0 Å². The van der Waals surface area contributed by atoms with Gasteiger partial charge in [0, 0.05) is 6.42 Å². The standard InChI is InChI=1S/C20H47F3O4Si5/c1-12-15-18-29(6,7)24-30(8,9)26-31(10,14-3)27-32(11,19-16-20(21,22)23)25-28(4,5)17-13-2/h14H,3,12-13,15-19H2,1-2,4-11H3. The molecular weight excluding hydrogens is 502 g/mol. The Kier molecular flexibility index (Phi) is 12.6. The lowest BCUT2D eigenvalue weighted by Gasteiger charge is -2.44. The van der Waals surface area contributed by atoms with E-state index in [-0.39, 0.29) is 6.04 Å². The van der Waals surface area contributed by atoms with Gasteiger partial charge in [-0.1, -0.05) is 38.8 Å². The zero-order valence-electron chi connectivity index (χ0n) is 22.0. The Balaban J connectivity index is 5.70. The summed E-state index contributed by atoms with van der Waals surface area (Å²) in [4.78, 5) is 0. The molecule has 0 aliphatic heterocycles. The number of unbranched alkanes of at least 4 members (excludes halogenated alkanes) is 1. The fourth-order valence-corrected chi connectivity index (χ4v) is 28.5. The summed E-state index contributed by atoms with van der Waals surface area (Å²) < 4.78 is 65.4. The molecule has 192 valence electrons. The Morgan fingerprint density at radius 1 is 0.719 bits per heavy atom. The molecule has 0 saturated heterocycles. The number of hydrogen-bond acceptors (Lipinski definition) is 4. The maximum atomic E-state index is 13.1. The molecule has 0 rings (SSSR count). The van der Waals surface area contributed by atoms with Gasteiger partial charge in [0.15, 0.2) is 16.6 Å². The first-order valence-electron chi connectivity index (χ1n) is 11.7. The topological polar surface area (TPSA) is 36.9 Å². The highest BCUT2D eigenvalue weighted by Crippen LogP contribution is 2.34. The van der Waals surface area contributed by atoms with Crippen LogP contribution in [0.4, 0.5) is 13.2 Å². The molecule has 12 heteroatoms. The SMILES string of the molecule is C=C[Si](C)(O[Si](C)(C)O[Si](C)(C)CCCC)O[Si](C)(CCC(F)(F)F)O[Si](C)(C)CCC. The summed E-state index contributed by atoms with van der Waals surface area (Å²) in [6.07, 6.45) is -2.01. The van der Waals surface area contributed by atoms with Crippen LogP contribution in [0.1, 0.15) is 39.5 Å². The normalized spacial score (nSPS) is 17.7. The van der Waals surface area contributed by atoms with Crippen LogP contribution in [-0.4, -0.2) is 48.5 Å². The lowest BCUT2D eigenvalue weighted by Crippen LogP contribution is -2.60. The highest BCUT2D eigenvalue weighted by Gasteiger charge is 2.49. The summed E-state index contributed by atoms with van der Waals surface area (Å²) in [6, 6.07) is 1.78. The molecule has 0 aromatic heterocycles. The molecule has 0 aromatic carbocycles. The molecule has 0 aromatic rings. The van der Waals surface area contributed by atoms with Crippen LogP contribution in [0.15, 0.2) is 12.3 Å². The third kappa shape index (κ3) is 14.0. The van der Waals surface area contributed by atoms with E-state index in [1.807, 2.05) is 19.6 Å². The average molecular weight is 549 g/mol. The van der Waals surface area contributed by atoms with Crippen LogP contribution in [0.3, 0.4) is 0 Å². The van der Waals surface area contributed by atoms with Crippen molar-refractivity contribution in [2.45, 2.75) is 116 Å². The molecule has 0 fully saturated rings. The Morgan fingerprint density at radius 2 is 1.25 bits per heavy atom. The first-order valence-corrected chi connectivity index (χ1v) is 25.7. The van der Waals surface area contributed by atoms with E-state index in [9.17, 15) is 13.2 Å². The number of hydrogen-bond donors (Lipinski definition) is 0. The highest BCUT2D eigenvalue weighted by molar-refractivity contribution is 6.92. The molecule has 2 unspecified atom stereocenters. The summed E-state index contributed by atoms with van der Waals surface area (Å²) in [6.45, 7) is 24.3. The Morgan fingerprint density at radius 3 is 1.69 bits per heavy atom. The van der Waals surface area contributed by atoms with Gasteiger partial charge in [-0.2, -0.15) is 13.2 Å². The van der Waals surface area contributed by atoms with E-state index in [0.29, 0.717) is 0 Å². The molecule has 4 nitrogen and oxygen atoms in total. The summed E-state index contributed by atoms with van der Waals surface area (Å²) in [7, 11) is -12.9. The molecule has 32 heavy (non-hydrogen) atoms. The van der Waals surface area contributed by atoms with Gasteiger partial charge in [-0.15, -0.1) is 6.58 Å². The zero-order chi connectivity index (χ0) is 25.5. The van der Waals surface area contributed by atoms with Gasteiger partial charge in [-0.3, -0.25) is 0 Å². The summed E-state index contributed by atoms with van der Waals surface area (Å²) in [5.41, 5.74) is 1.67. The predicted molar refractivity (Wildman–Crippen MR) is 141 cm³/mol. The lowest BCUT2D eigenvalue weighted by atomic mass is 10.4. The van der Waals surface area contributed by atoms with E-state index in [2.05, 4.69) is 46.6 Å². The Bertz CT molecular complexity index is 590. The third-order valence-electron chi connectivity index (χ3n) is 5.10. The quantitative estimate of drug-likeness (QED) is 0.182. The minimum absolute atomic E-state index is 0.143. The van der Waals surface area contributed by atoms with Gasteiger partial charge < -0.3 is 16.5 Å². The second-order valence-electron chi connectivity index (χ2n) is 10.7. The fourth-order valence-electron chi connectivity index (χ4n) is 4.09. The molecule has 0 saturated carbocycles. The minimum Gasteiger partial charge on any atom is -0.436 e. The smallest absolute Gasteiger partial charge is 0.389 e. The molecule has 0 N–H and O–H groups in total. The zero-order valence-corrected chi connectivity index (χ0v) is 27.0. The van der Waals surface area contributed by atoms with Crippen molar-refractivity contribution in [1.82, 2.24) is 0 Å². The van der Waals surface area contributed by atoms with Crippen LogP contribution in [0, 0.1) is 0 Å². The van der Waals surface area contributed by atoms with Gasteiger partial charge in [0.2, 0.25) is 0 Å².